The molecule has 1 rings (SSSR count). The molecule has 23 heavy (non-hydrogen) atoms. The highest BCUT2D eigenvalue weighted by Gasteiger charge is 2.14. The molecule has 0 unspecified atom stereocenters. The highest BCUT2D eigenvalue weighted by atomic mass is 16.6. The van der Waals surface area contributed by atoms with Crippen molar-refractivity contribution in [3.05, 3.63) is 24.3 Å². The molecule has 1 aromatic rings. The zero-order valence-electron chi connectivity index (χ0n) is 12.5. The molecule has 0 aliphatic carbocycles. The molecule has 0 fully saturated rings. The van der Waals surface area contributed by atoms with Crippen LogP contribution in [0.15, 0.2) is 24.3 Å². The maximum absolute atomic E-state index is 11.3. The van der Waals surface area contributed by atoms with Crippen molar-refractivity contribution < 1.29 is 33.8 Å². The number of nitrogens with one attached hydrogen (secondary N) is 1. The van der Waals surface area contributed by atoms with E-state index in [0.717, 1.165) is 0 Å². The van der Waals surface area contributed by atoms with E-state index in [-0.39, 0.29) is 32.0 Å². The van der Waals surface area contributed by atoms with E-state index in [1.165, 1.54) is 6.92 Å². The van der Waals surface area contributed by atoms with Gasteiger partial charge in [0.2, 0.25) is 11.7 Å². The molecule has 2 N–H and O–H groups in total. The van der Waals surface area contributed by atoms with Gasteiger partial charge in [0, 0.05) is 19.0 Å². The molecule has 0 aromatic heterocycles. The first kappa shape index (κ1) is 18.1. The molecular formula is C15H17NO7. The zero-order chi connectivity index (χ0) is 17.2. The number of aliphatic carboxylic acids is 1. The third-order valence-electron chi connectivity index (χ3n) is 2.58. The van der Waals surface area contributed by atoms with E-state index in [2.05, 4.69) is 5.32 Å². The number of amides is 1. The van der Waals surface area contributed by atoms with E-state index in [0.29, 0.717) is 11.4 Å². The van der Waals surface area contributed by atoms with Crippen LogP contribution in [0, 0.1) is 0 Å². The summed E-state index contributed by atoms with van der Waals surface area (Å²) in [6.07, 6.45) is -0.670. The topological polar surface area (TPSA) is 119 Å². The number of benzene rings is 1. The summed E-state index contributed by atoms with van der Waals surface area (Å²) in [5.74, 6) is -2.89. The van der Waals surface area contributed by atoms with Crippen LogP contribution in [-0.4, -0.2) is 41.9 Å². The van der Waals surface area contributed by atoms with E-state index in [9.17, 15) is 19.2 Å². The fourth-order valence-corrected chi connectivity index (χ4v) is 1.55. The molecule has 0 radical (unpaired) electrons. The number of hydrogen-bond acceptors (Lipinski definition) is 6. The Kier molecular flexibility index (Phi) is 7.25. The molecule has 1 aromatic carbocycles. The minimum Gasteiger partial charge on any atom is -0.490 e. The standard InChI is InChI=1S/C15H17NO7/c1-10(17)16-11-2-4-12(5-3-11)22-8-9-23-14(19)7-6-13(18)15(20)21/h2-5H,6-9H2,1H3,(H,16,17)(H,20,21). The lowest BCUT2D eigenvalue weighted by atomic mass is 10.2. The molecule has 0 spiro atoms. The van der Waals surface area contributed by atoms with Crippen LogP contribution in [0.5, 0.6) is 5.75 Å². The fourth-order valence-electron chi connectivity index (χ4n) is 1.55. The summed E-state index contributed by atoms with van der Waals surface area (Å²) in [5, 5.41) is 11.0. The first-order valence-corrected chi connectivity index (χ1v) is 6.80. The van der Waals surface area contributed by atoms with Gasteiger partial charge in [-0.15, -0.1) is 0 Å². The van der Waals surface area contributed by atoms with Crippen LogP contribution in [0.3, 0.4) is 0 Å². The maximum atomic E-state index is 11.3. The number of hydrogen-bond donors (Lipinski definition) is 2. The quantitative estimate of drug-likeness (QED) is 0.395. The van der Waals surface area contributed by atoms with Crippen molar-refractivity contribution in [2.75, 3.05) is 18.5 Å². The maximum Gasteiger partial charge on any atom is 0.372 e. The lowest BCUT2D eigenvalue weighted by Gasteiger charge is -2.08. The third kappa shape index (κ3) is 7.60. The molecule has 0 aliphatic heterocycles. The van der Waals surface area contributed by atoms with Crippen LogP contribution >= 0.6 is 0 Å². The molecule has 0 bridgehead atoms. The molecule has 1 amide bonds. The van der Waals surface area contributed by atoms with Crippen LogP contribution in [-0.2, 0) is 23.9 Å². The molecule has 0 saturated heterocycles. The summed E-state index contributed by atoms with van der Waals surface area (Å²) in [6.45, 7) is 1.49. The molecule has 8 heteroatoms. The van der Waals surface area contributed by atoms with Crippen molar-refractivity contribution in [1.29, 1.82) is 0 Å². The summed E-state index contributed by atoms with van der Waals surface area (Å²) in [4.78, 5) is 43.2. The van der Waals surface area contributed by atoms with E-state index >= 15 is 0 Å². The molecule has 124 valence electrons. The van der Waals surface area contributed by atoms with Crippen molar-refractivity contribution in [2.45, 2.75) is 19.8 Å². The minimum absolute atomic E-state index is 0.0203. The van der Waals surface area contributed by atoms with E-state index in [4.69, 9.17) is 14.6 Å². The summed E-state index contributed by atoms with van der Waals surface area (Å²) >= 11 is 0. The number of carbonyl (C=O) groups excluding carboxylic acids is 3. The van der Waals surface area contributed by atoms with Crippen LogP contribution in [0.1, 0.15) is 19.8 Å². The number of rotatable bonds is 9. The Balaban J connectivity index is 2.21. The fraction of sp³-hybridized carbons (Fsp3) is 0.333. The molecule has 0 atom stereocenters. The van der Waals surface area contributed by atoms with Crippen LogP contribution in [0.4, 0.5) is 5.69 Å². The average Bonchev–Trinajstić information content (AvgIpc) is 2.50. The molecule has 0 heterocycles. The monoisotopic (exact) mass is 323 g/mol. The van der Waals surface area contributed by atoms with Gasteiger partial charge in [-0.25, -0.2) is 4.79 Å². The smallest absolute Gasteiger partial charge is 0.372 e. The van der Waals surface area contributed by atoms with Crippen molar-refractivity contribution in [2.24, 2.45) is 0 Å². The first-order valence-electron chi connectivity index (χ1n) is 6.80. The lowest BCUT2D eigenvalue weighted by molar-refractivity contribution is -0.151. The Morgan fingerprint density at radius 1 is 1.04 bits per heavy atom. The summed E-state index contributed by atoms with van der Waals surface area (Å²) in [5.41, 5.74) is 0.638. The largest absolute Gasteiger partial charge is 0.490 e. The zero-order valence-corrected chi connectivity index (χ0v) is 12.5. The van der Waals surface area contributed by atoms with Crippen molar-refractivity contribution in [3.63, 3.8) is 0 Å². The Morgan fingerprint density at radius 2 is 1.70 bits per heavy atom. The predicted molar refractivity (Wildman–Crippen MR) is 79.1 cm³/mol. The number of ketones is 1. The van der Waals surface area contributed by atoms with Gasteiger partial charge < -0.3 is 19.9 Å². The molecule has 0 saturated carbocycles. The van der Waals surface area contributed by atoms with Gasteiger partial charge in [0.25, 0.3) is 0 Å². The number of esters is 1. The van der Waals surface area contributed by atoms with Crippen molar-refractivity contribution in [3.8, 4) is 5.75 Å². The second-order valence-electron chi connectivity index (χ2n) is 4.50. The van der Waals surface area contributed by atoms with E-state index < -0.39 is 17.7 Å². The van der Waals surface area contributed by atoms with Gasteiger partial charge in [-0.05, 0) is 24.3 Å². The minimum atomic E-state index is -1.57. The highest BCUT2D eigenvalue weighted by Crippen LogP contribution is 2.15. The molecule has 0 aliphatic rings. The molecule has 8 nitrogen and oxygen atoms in total. The SMILES string of the molecule is CC(=O)Nc1ccc(OCCOC(=O)CCC(=O)C(=O)O)cc1. The summed E-state index contributed by atoms with van der Waals surface area (Å²) in [7, 11) is 0. The first-order chi connectivity index (χ1) is 10.9. The van der Waals surface area contributed by atoms with Gasteiger partial charge in [0.1, 0.15) is 19.0 Å². The second-order valence-corrected chi connectivity index (χ2v) is 4.50. The van der Waals surface area contributed by atoms with Gasteiger partial charge in [0.05, 0.1) is 6.42 Å². The number of ether oxygens (including phenoxy) is 2. The Bertz CT molecular complexity index is 580. The van der Waals surface area contributed by atoms with Gasteiger partial charge in [-0.1, -0.05) is 0 Å². The highest BCUT2D eigenvalue weighted by molar-refractivity contribution is 6.32. The number of anilines is 1. The third-order valence-corrected chi connectivity index (χ3v) is 2.58. The summed E-state index contributed by atoms with van der Waals surface area (Å²) in [6, 6.07) is 6.64. The number of carboxylic acids is 1. The van der Waals surface area contributed by atoms with Crippen molar-refractivity contribution >= 4 is 29.3 Å². The molecular weight excluding hydrogens is 306 g/mol. The average molecular weight is 323 g/mol. The van der Waals surface area contributed by atoms with E-state index in [1.54, 1.807) is 24.3 Å². The van der Waals surface area contributed by atoms with Gasteiger partial charge >= 0.3 is 11.9 Å². The van der Waals surface area contributed by atoms with Crippen LogP contribution < -0.4 is 10.1 Å². The number of carbonyl (C=O) groups is 4. The Labute approximate surface area is 132 Å². The van der Waals surface area contributed by atoms with Gasteiger partial charge in [0.15, 0.2) is 0 Å². The second kappa shape index (κ2) is 9.19. The van der Waals surface area contributed by atoms with Crippen LogP contribution in [0.2, 0.25) is 0 Å². The van der Waals surface area contributed by atoms with Gasteiger partial charge in [-0.3, -0.25) is 14.4 Å². The van der Waals surface area contributed by atoms with Crippen LogP contribution in [0.25, 0.3) is 0 Å². The normalized spacial score (nSPS) is 9.78. The number of Topliss-reactive ketones (excluding diaryl/α,β-unsaturated/α-hetero) is 1. The summed E-state index contributed by atoms with van der Waals surface area (Å²) < 4.78 is 10.1. The number of carboxylic acid groups (broad SMARTS) is 1. The Morgan fingerprint density at radius 3 is 2.26 bits per heavy atom. The van der Waals surface area contributed by atoms with Crippen molar-refractivity contribution in [1.82, 2.24) is 0 Å². The lowest BCUT2D eigenvalue weighted by Crippen LogP contribution is -2.16. The van der Waals surface area contributed by atoms with E-state index in [1.807, 2.05) is 0 Å². The Hall–Kier alpha value is -2.90. The predicted octanol–water partition coefficient (Wildman–Crippen LogP) is 1.00. The van der Waals surface area contributed by atoms with Gasteiger partial charge in [-0.2, -0.15) is 0 Å².